The van der Waals surface area contributed by atoms with Gasteiger partial charge in [-0.1, -0.05) is 6.92 Å². The normalized spacial score (nSPS) is 28.6. The third kappa shape index (κ3) is 3.74. The second kappa shape index (κ2) is 5.83. The predicted octanol–water partition coefficient (Wildman–Crippen LogP) is 1.49. The molecule has 0 aromatic heterocycles. The number of methoxy groups -OCH3 is 1. The van der Waals surface area contributed by atoms with Gasteiger partial charge >= 0.3 is 0 Å². The highest BCUT2D eigenvalue weighted by molar-refractivity contribution is 4.92. The average molecular weight is 214 g/mol. The van der Waals surface area contributed by atoms with Gasteiger partial charge in [-0.2, -0.15) is 0 Å². The van der Waals surface area contributed by atoms with Crippen LogP contribution in [-0.2, 0) is 4.74 Å². The van der Waals surface area contributed by atoms with Crippen LogP contribution < -0.4 is 5.32 Å². The zero-order valence-corrected chi connectivity index (χ0v) is 10.7. The zero-order valence-electron chi connectivity index (χ0n) is 10.7. The van der Waals surface area contributed by atoms with Crippen LogP contribution in [-0.4, -0.2) is 49.8 Å². The molecule has 0 radical (unpaired) electrons. The molecule has 3 heteroatoms. The molecule has 0 amide bonds. The van der Waals surface area contributed by atoms with Crippen LogP contribution in [0.15, 0.2) is 0 Å². The number of hydrogen-bond acceptors (Lipinski definition) is 3. The zero-order chi connectivity index (χ0) is 11.3. The van der Waals surface area contributed by atoms with Gasteiger partial charge in [-0.25, -0.2) is 0 Å². The molecule has 0 spiro atoms. The van der Waals surface area contributed by atoms with E-state index in [-0.39, 0.29) is 0 Å². The van der Waals surface area contributed by atoms with Crippen LogP contribution in [0.1, 0.15) is 33.6 Å². The van der Waals surface area contributed by atoms with Crippen molar-refractivity contribution in [3.8, 4) is 0 Å². The van der Waals surface area contributed by atoms with E-state index in [4.69, 9.17) is 4.74 Å². The minimum absolute atomic E-state index is 0.317. The number of nitrogens with one attached hydrogen (secondary N) is 1. The first-order chi connectivity index (χ1) is 7.11. The summed E-state index contributed by atoms with van der Waals surface area (Å²) >= 11 is 0. The van der Waals surface area contributed by atoms with Crippen LogP contribution in [0.3, 0.4) is 0 Å². The van der Waals surface area contributed by atoms with E-state index in [0.717, 1.165) is 19.7 Å². The summed E-state index contributed by atoms with van der Waals surface area (Å²) in [6.07, 6.45) is 2.61. The standard InChI is InChI=1S/C12H26N2O/c1-5-14(11(2)9-15-4)10-12(3)7-6-8-13-12/h11,13H,5-10H2,1-4H3. The molecule has 3 nitrogen and oxygen atoms in total. The molecular weight excluding hydrogens is 188 g/mol. The van der Waals surface area contributed by atoms with Crippen LogP contribution >= 0.6 is 0 Å². The van der Waals surface area contributed by atoms with E-state index in [1.807, 2.05) is 0 Å². The summed E-state index contributed by atoms with van der Waals surface area (Å²) in [4.78, 5) is 2.50. The molecule has 90 valence electrons. The molecule has 0 aliphatic carbocycles. The highest BCUT2D eigenvalue weighted by Crippen LogP contribution is 2.20. The Morgan fingerprint density at radius 3 is 2.73 bits per heavy atom. The maximum absolute atomic E-state index is 5.22. The molecule has 0 aromatic carbocycles. The molecule has 1 rings (SSSR count). The summed E-state index contributed by atoms with van der Waals surface area (Å²) in [5.41, 5.74) is 0.317. The van der Waals surface area contributed by atoms with E-state index in [2.05, 4.69) is 31.0 Å². The third-order valence-corrected chi connectivity index (χ3v) is 3.45. The van der Waals surface area contributed by atoms with Crippen molar-refractivity contribution in [2.45, 2.75) is 45.2 Å². The van der Waals surface area contributed by atoms with E-state index < -0.39 is 0 Å². The van der Waals surface area contributed by atoms with Crippen LogP contribution in [0.25, 0.3) is 0 Å². The summed E-state index contributed by atoms with van der Waals surface area (Å²) in [6.45, 7) is 11.0. The molecule has 0 aromatic rings. The van der Waals surface area contributed by atoms with Crippen molar-refractivity contribution in [3.05, 3.63) is 0 Å². The first kappa shape index (κ1) is 12.9. The second-order valence-corrected chi connectivity index (χ2v) is 4.96. The van der Waals surface area contributed by atoms with Crippen molar-refractivity contribution in [2.24, 2.45) is 0 Å². The van der Waals surface area contributed by atoms with Crippen LogP contribution in [0.2, 0.25) is 0 Å². The monoisotopic (exact) mass is 214 g/mol. The van der Waals surface area contributed by atoms with Gasteiger partial charge in [0.25, 0.3) is 0 Å². The Morgan fingerprint density at radius 1 is 1.53 bits per heavy atom. The minimum atomic E-state index is 0.317. The molecule has 1 N–H and O–H groups in total. The number of nitrogens with zero attached hydrogens (tertiary/aromatic N) is 1. The number of likely N-dealkylation sites (N-methyl/N-ethyl adjacent to an activating group) is 1. The molecule has 0 bridgehead atoms. The Balaban J connectivity index is 2.44. The van der Waals surface area contributed by atoms with Gasteiger partial charge in [0.2, 0.25) is 0 Å². The molecule has 2 unspecified atom stereocenters. The lowest BCUT2D eigenvalue weighted by Crippen LogP contribution is -2.50. The van der Waals surface area contributed by atoms with Crippen LogP contribution in [0, 0.1) is 0 Å². The Morgan fingerprint density at radius 2 is 2.27 bits per heavy atom. The second-order valence-electron chi connectivity index (χ2n) is 4.96. The van der Waals surface area contributed by atoms with E-state index in [9.17, 15) is 0 Å². The largest absolute Gasteiger partial charge is 0.383 e. The molecule has 1 fully saturated rings. The van der Waals surface area contributed by atoms with Gasteiger partial charge in [-0.15, -0.1) is 0 Å². The smallest absolute Gasteiger partial charge is 0.0615 e. The first-order valence-electron chi connectivity index (χ1n) is 6.09. The van der Waals surface area contributed by atoms with Gasteiger partial charge in [-0.3, -0.25) is 4.90 Å². The fraction of sp³-hybridized carbons (Fsp3) is 1.00. The summed E-state index contributed by atoms with van der Waals surface area (Å²) < 4.78 is 5.22. The maximum Gasteiger partial charge on any atom is 0.0615 e. The molecule has 2 atom stereocenters. The number of hydrogen-bond donors (Lipinski definition) is 1. The lowest BCUT2D eigenvalue weighted by Gasteiger charge is -2.35. The Bertz CT molecular complexity index is 178. The number of ether oxygens (including phenoxy) is 1. The van der Waals surface area contributed by atoms with Crippen molar-refractivity contribution in [3.63, 3.8) is 0 Å². The van der Waals surface area contributed by atoms with Gasteiger partial charge in [-0.05, 0) is 39.8 Å². The SMILES string of the molecule is CCN(CC1(C)CCCN1)C(C)COC. The molecule has 1 heterocycles. The summed E-state index contributed by atoms with van der Waals surface area (Å²) in [6, 6.07) is 0.513. The van der Waals surface area contributed by atoms with Crippen molar-refractivity contribution >= 4 is 0 Å². The lowest BCUT2D eigenvalue weighted by atomic mass is 9.99. The summed E-state index contributed by atoms with van der Waals surface area (Å²) in [5.74, 6) is 0. The quantitative estimate of drug-likeness (QED) is 0.725. The number of rotatable bonds is 6. The highest BCUT2D eigenvalue weighted by atomic mass is 16.5. The van der Waals surface area contributed by atoms with Crippen molar-refractivity contribution in [1.29, 1.82) is 0 Å². The third-order valence-electron chi connectivity index (χ3n) is 3.45. The van der Waals surface area contributed by atoms with Crippen molar-refractivity contribution in [1.82, 2.24) is 10.2 Å². The molecular formula is C12H26N2O. The Hall–Kier alpha value is -0.120. The van der Waals surface area contributed by atoms with Crippen molar-refractivity contribution < 1.29 is 4.74 Å². The minimum Gasteiger partial charge on any atom is -0.383 e. The molecule has 1 saturated heterocycles. The van der Waals surface area contributed by atoms with E-state index >= 15 is 0 Å². The fourth-order valence-electron chi connectivity index (χ4n) is 2.47. The van der Waals surface area contributed by atoms with Gasteiger partial charge < -0.3 is 10.1 Å². The lowest BCUT2D eigenvalue weighted by molar-refractivity contribution is 0.0852. The van der Waals surface area contributed by atoms with Gasteiger partial charge in [0, 0.05) is 25.2 Å². The Labute approximate surface area is 94.2 Å². The average Bonchev–Trinajstić information content (AvgIpc) is 2.62. The summed E-state index contributed by atoms with van der Waals surface area (Å²) in [5, 5.41) is 3.61. The molecule has 1 aliphatic heterocycles. The topological polar surface area (TPSA) is 24.5 Å². The molecule has 0 saturated carbocycles. The predicted molar refractivity (Wildman–Crippen MR) is 64.2 cm³/mol. The Kier molecular flexibility index (Phi) is 5.03. The van der Waals surface area contributed by atoms with E-state index in [1.165, 1.54) is 19.4 Å². The highest BCUT2D eigenvalue weighted by Gasteiger charge is 2.30. The van der Waals surface area contributed by atoms with Gasteiger partial charge in [0.1, 0.15) is 0 Å². The summed E-state index contributed by atoms with van der Waals surface area (Å²) in [7, 11) is 1.78. The first-order valence-corrected chi connectivity index (χ1v) is 6.09. The molecule has 1 aliphatic rings. The maximum atomic E-state index is 5.22. The van der Waals surface area contributed by atoms with E-state index in [1.54, 1.807) is 7.11 Å². The fourth-order valence-corrected chi connectivity index (χ4v) is 2.47. The van der Waals surface area contributed by atoms with Gasteiger partial charge in [0.15, 0.2) is 0 Å². The van der Waals surface area contributed by atoms with Crippen molar-refractivity contribution in [2.75, 3.05) is 33.4 Å². The van der Waals surface area contributed by atoms with Gasteiger partial charge in [0.05, 0.1) is 6.61 Å². The van der Waals surface area contributed by atoms with Crippen LogP contribution in [0.5, 0.6) is 0 Å². The van der Waals surface area contributed by atoms with Crippen LogP contribution in [0.4, 0.5) is 0 Å². The van der Waals surface area contributed by atoms with E-state index in [0.29, 0.717) is 11.6 Å². The molecule has 15 heavy (non-hydrogen) atoms.